The first-order valence-electron chi connectivity index (χ1n) is 12.3. The quantitative estimate of drug-likeness (QED) is 0.474. The molecule has 196 valence electrons. The molecule has 7 nitrogen and oxygen atoms in total. The zero-order valence-electron chi connectivity index (χ0n) is 21.1. The molecular weight excluding hydrogens is 490 g/mol. The summed E-state index contributed by atoms with van der Waals surface area (Å²) in [6, 6.07) is 12.7. The summed E-state index contributed by atoms with van der Waals surface area (Å²) < 4.78 is 1.97. The highest BCUT2D eigenvalue weighted by Gasteiger charge is 2.25. The number of aryl methyl sites for hydroxylation is 4. The molecule has 0 unspecified atom stereocenters. The number of pyridine rings is 2. The van der Waals surface area contributed by atoms with E-state index in [1.807, 2.05) is 29.1 Å². The van der Waals surface area contributed by atoms with Crippen LogP contribution < -0.4 is 9.67 Å². The Bertz CT molecular complexity index is 1300. The Kier molecular flexibility index (Phi) is 9.56. The largest absolute Gasteiger partial charge is 0.550 e. The average Bonchev–Trinajstić information content (AvgIpc) is 3.00. The van der Waals surface area contributed by atoms with Gasteiger partial charge >= 0.3 is 0 Å². The Balaban J connectivity index is 0.00000190. The van der Waals surface area contributed by atoms with Crippen LogP contribution in [0.1, 0.15) is 52.8 Å². The van der Waals surface area contributed by atoms with Crippen LogP contribution in [-0.4, -0.2) is 39.9 Å². The number of carbonyl (C=O) groups excluding carboxylic acids is 1. The van der Waals surface area contributed by atoms with E-state index in [4.69, 9.17) is 16.6 Å². The summed E-state index contributed by atoms with van der Waals surface area (Å²) >= 11 is 6.36. The van der Waals surface area contributed by atoms with Gasteiger partial charge in [-0.25, -0.2) is 4.57 Å². The van der Waals surface area contributed by atoms with Gasteiger partial charge in [0.1, 0.15) is 0 Å². The highest BCUT2D eigenvalue weighted by atomic mass is 35.5. The molecule has 0 radical (unpaired) electrons. The number of likely N-dealkylation sites (tertiary alicyclic amines) is 1. The van der Waals surface area contributed by atoms with E-state index in [9.17, 15) is 9.90 Å². The summed E-state index contributed by atoms with van der Waals surface area (Å²) in [4.78, 5) is 18.2. The number of fused-ring (bicyclic) bond motifs is 2. The van der Waals surface area contributed by atoms with Gasteiger partial charge in [-0.05, 0) is 73.6 Å². The number of hydrogen-bond donors (Lipinski definition) is 0. The number of nitrogens with zero attached hydrogens (tertiary/aromatic N) is 3. The molecule has 8 heteroatoms. The van der Waals surface area contributed by atoms with E-state index in [1.54, 1.807) is 0 Å². The zero-order valence-corrected chi connectivity index (χ0v) is 21.9. The molecule has 2 aromatic heterocycles. The lowest BCUT2D eigenvalue weighted by Gasteiger charge is -2.30. The SMILES string of the molecule is Cc1cc(CN2CCC(=C3c4ccc(Cl)cc4CCc4cccnc43)CC2)c[n+](CCC(=O)[O-])c1.O.O. The van der Waals surface area contributed by atoms with Crippen molar-refractivity contribution in [3.63, 3.8) is 0 Å². The van der Waals surface area contributed by atoms with Crippen molar-refractivity contribution in [3.8, 4) is 0 Å². The number of benzene rings is 1. The maximum Gasteiger partial charge on any atom is 0.173 e. The standard InChI is InChI=1S/C29H30ClN3O2.2H2O/c1-20-15-21(19-33(17-20)14-10-27(34)35)18-32-12-8-22(9-13-32)28-26-7-6-25(30)16-24(26)5-4-23-3-2-11-31-29(23)28;;/h2-3,6-7,11,15-17,19H,4-5,8-10,12-14,18H2,1H3;2*1H2. The van der Waals surface area contributed by atoms with Crippen molar-refractivity contribution in [2.24, 2.45) is 0 Å². The maximum atomic E-state index is 10.9. The Hall–Kier alpha value is -3.10. The Morgan fingerprint density at radius 2 is 1.81 bits per heavy atom. The summed E-state index contributed by atoms with van der Waals surface area (Å²) in [7, 11) is 0. The minimum Gasteiger partial charge on any atom is -0.550 e. The molecule has 0 bridgehead atoms. The number of carboxylic acid groups (broad SMARTS) is 1. The molecule has 0 spiro atoms. The highest BCUT2D eigenvalue weighted by molar-refractivity contribution is 6.30. The van der Waals surface area contributed by atoms with Crippen LogP contribution in [0.3, 0.4) is 0 Å². The second kappa shape index (κ2) is 12.4. The molecule has 0 atom stereocenters. The number of carboxylic acids is 1. The lowest BCUT2D eigenvalue weighted by Crippen LogP contribution is -2.38. The summed E-state index contributed by atoms with van der Waals surface area (Å²) in [5.74, 6) is -1.02. The molecule has 1 aromatic carbocycles. The fourth-order valence-corrected chi connectivity index (χ4v) is 5.63. The molecule has 2 aliphatic rings. The van der Waals surface area contributed by atoms with Crippen molar-refractivity contribution < 1.29 is 25.4 Å². The lowest BCUT2D eigenvalue weighted by molar-refractivity contribution is -0.697. The van der Waals surface area contributed by atoms with Crippen molar-refractivity contribution in [3.05, 3.63) is 99.1 Å². The third-order valence-corrected chi connectivity index (χ3v) is 7.27. The van der Waals surface area contributed by atoms with Crippen LogP contribution in [0, 0.1) is 6.92 Å². The van der Waals surface area contributed by atoms with Gasteiger partial charge in [0.2, 0.25) is 0 Å². The number of aromatic nitrogens is 2. The highest BCUT2D eigenvalue weighted by Crippen LogP contribution is 2.38. The van der Waals surface area contributed by atoms with Crippen molar-refractivity contribution >= 4 is 23.1 Å². The maximum absolute atomic E-state index is 10.9. The van der Waals surface area contributed by atoms with Gasteiger partial charge < -0.3 is 20.9 Å². The number of carbonyl (C=O) groups is 1. The molecule has 3 aromatic rings. The number of halogens is 1. The Morgan fingerprint density at radius 3 is 2.57 bits per heavy atom. The first-order chi connectivity index (χ1) is 17.0. The van der Waals surface area contributed by atoms with Gasteiger partial charge in [0.05, 0.1) is 5.69 Å². The molecule has 5 rings (SSSR count). The van der Waals surface area contributed by atoms with Crippen LogP contribution in [-0.2, 0) is 30.7 Å². The molecule has 1 saturated heterocycles. The van der Waals surface area contributed by atoms with Gasteiger partial charge in [-0.3, -0.25) is 9.88 Å². The van der Waals surface area contributed by atoms with E-state index >= 15 is 0 Å². The van der Waals surface area contributed by atoms with E-state index < -0.39 is 5.97 Å². The predicted octanol–water partition coefficient (Wildman–Crippen LogP) is 2.02. The normalized spacial score (nSPS) is 15.1. The predicted molar refractivity (Wildman–Crippen MR) is 142 cm³/mol. The lowest BCUT2D eigenvalue weighted by atomic mass is 9.88. The summed E-state index contributed by atoms with van der Waals surface area (Å²) in [6.07, 6.45) is 9.95. The number of hydrogen-bond acceptors (Lipinski definition) is 4. The third-order valence-electron chi connectivity index (χ3n) is 7.04. The Morgan fingerprint density at radius 1 is 1.05 bits per heavy atom. The van der Waals surface area contributed by atoms with E-state index in [0.29, 0.717) is 6.54 Å². The monoisotopic (exact) mass is 523 g/mol. The van der Waals surface area contributed by atoms with Crippen LogP contribution in [0.2, 0.25) is 5.02 Å². The zero-order chi connectivity index (χ0) is 24.4. The average molecular weight is 524 g/mol. The van der Waals surface area contributed by atoms with E-state index in [-0.39, 0.29) is 17.4 Å². The molecular formula is C29H34ClN3O4. The molecule has 0 saturated carbocycles. The third kappa shape index (κ3) is 6.62. The second-order valence-corrected chi connectivity index (χ2v) is 10.1. The number of aliphatic carboxylic acids is 1. The van der Waals surface area contributed by atoms with E-state index in [0.717, 1.165) is 61.6 Å². The van der Waals surface area contributed by atoms with Gasteiger partial charge in [0.15, 0.2) is 18.9 Å². The van der Waals surface area contributed by atoms with Crippen LogP contribution >= 0.6 is 11.6 Å². The van der Waals surface area contributed by atoms with Crippen LogP contribution in [0.25, 0.3) is 5.57 Å². The smallest absolute Gasteiger partial charge is 0.173 e. The molecule has 1 fully saturated rings. The molecule has 3 heterocycles. The molecule has 4 N–H and O–H groups in total. The minimum absolute atomic E-state index is 0. The van der Waals surface area contributed by atoms with Gasteiger partial charge in [-0.1, -0.05) is 29.3 Å². The number of piperidine rings is 1. The fraction of sp³-hybridized carbons (Fsp3) is 0.345. The van der Waals surface area contributed by atoms with Crippen molar-refractivity contribution in [2.45, 2.75) is 52.1 Å². The van der Waals surface area contributed by atoms with Gasteiger partial charge in [-0.15, -0.1) is 0 Å². The summed E-state index contributed by atoms with van der Waals surface area (Å²) in [6.45, 7) is 5.31. The number of rotatable bonds is 5. The fourth-order valence-electron chi connectivity index (χ4n) is 5.44. The van der Waals surface area contributed by atoms with Crippen LogP contribution in [0.15, 0.2) is 60.6 Å². The topological polar surface area (TPSA) is 123 Å². The second-order valence-electron chi connectivity index (χ2n) is 9.65. The van der Waals surface area contributed by atoms with Gasteiger partial charge in [-0.2, -0.15) is 0 Å². The van der Waals surface area contributed by atoms with Crippen molar-refractivity contribution in [1.29, 1.82) is 0 Å². The van der Waals surface area contributed by atoms with Crippen molar-refractivity contribution in [1.82, 2.24) is 9.88 Å². The van der Waals surface area contributed by atoms with Crippen LogP contribution in [0.5, 0.6) is 0 Å². The van der Waals surface area contributed by atoms with Gasteiger partial charge in [0, 0.05) is 59.9 Å². The Labute approximate surface area is 222 Å². The first kappa shape index (κ1) is 28.5. The molecule has 37 heavy (non-hydrogen) atoms. The summed E-state index contributed by atoms with van der Waals surface area (Å²) in [5.41, 5.74) is 10.2. The first-order valence-corrected chi connectivity index (χ1v) is 12.7. The molecule has 0 amide bonds. The van der Waals surface area contributed by atoms with E-state index in [1.165, 1.54) is 33.4 Å². The van der Waals surface area contributed by atoms with Gasteiger partial charge in [0.25, 0.3) is 0 Å². The van der Waals surface area contributed by atoms with E-state index in [2.05, 4.69) is 42.3 Å². The van der Waals surface area contributed by atoms with Crippen molar-refractivity contribution in [2.75, 3.05) is 13.1 Å². The van der Waals surface area contributed by atoms with Crippen LogP contribution in [0.4, 0.5) is 0 Å². The summed E-state index contributed by atoms with van der Waals surface area (Å²) in [5, 5.41) is 11.7. The molecule has 1 aliphatic heterocycles. The minimum atomic E-state index is -1.02. The molecule has 1 aliphatic carbocycles.